The van der Waals surface area contributed by atoms with Gasteiger partial charge in [-0.25, -0.2) is 0 Å². The third kappa shape index (κ3) is 3.62. The van der Waals surface area contributed by atoms with E-state index in [0.717, 1.165) is 47.5 Å². The van der Waals surface area contributed by atoms with Crippen molar-refractivity contribution in [2.24, 2.45) is 5.41 Å². The van der Waals surface area contributed by atoms with Crippen LogP contribution in [0.25, 0.3) is 11.3 Å². The van der Waals surface area contributed by atoms with Gasteiger partial charge in [0.05, 0.1) is 0 Å². The van der Waals surface area contributed by atoms with E-state index in [-0.39, 0.29) is 11.7 Å². The first kappa shape index (κ1) is 21.7. The maximum Gasteiger partial charge on any atom is 0.321 e. The molecule has 4 heteroatoms. The van der Waals surface area contributed by atoms with Gasteiger partial charge < -0.3 is 9.15 Å². The Morgan fingerprint density at radius 3 is 2.52 bits per heavy atom. The van der Waals surface area contributed by atoms with Crippen LogP contribution in [0.1, 0.15) is 72.3 Å². The Morgan fingerprint density at radius 1 is 1.09 bits per heavy atom. The molecular formula is C29H30O4. The molecule has 0 saturated heterocycles. The summed E-state index contributed by atoms with van der Waals surface area (Å²) < 4.78 is 12.2. The van der Waals surface area contributed by atoms with Crippen molar-refractivity contribution in [2.75, 3.05) is 0 Å². The van der Waals surface area contributed by atoms with Crippen LogP contribution in [0.15, 0.2) is 59.0 Å². The predicted molar refractivity (Wildman–Crippen MR) is 127 cm³/mol. The van der Waals surface area contributed by atoms with Crippen molar-refractivity contribution in [1.29, 1.82) is 0 Å². The lowest BCUT2D eigenvalue weighted by Gasteiger charge is -2.38. The second-order valence-corrected chi connectivity index (χ2v) is 10.4. The second kappa shape index (κ2) is 7.72. The van der Waals surface area contributed by atoms with E-state index in [9.17, 15) is 9.59 Å². The number of aryl methyl sites for hydroxylation is 2. The molecule has 1 heterocycles. The normalized spacial score (nSPS) is 22.1. The van der Waals surface area contributed by atoms with Gasteiger partial charge in [0.25, 0.3) is 0 Å². The van der Waals surface area contributed by atoms with Crippen LogP contribution in [0.4, 0.5) is 0 Å². The van der Waals surface area contributed by atoms with Crippen molar-refractivity contribution >= 4 is 11.8 Å². The summed E-state index contributed by atoms with van der Waals surface area (Å²) in [5.41, 5.74) is 2.78. The summed E-state index contributed by atoms with van der Waals surface area (Å²) >= 11 is 0. The van der Waals surface area contributed by atoms with Crippen LogP contribution in [0.2, 0.25) is 0 Å². The first-order valence-corrected chi connectivity index (χ1v) is 11.7. The molecule has 1 aromatic heterocycles. The number of rotatable bonds is 3. The summed E-state index contributed by atoms with van der Waals surface area (Å²) in [6.07, 6.45) is 2.79. The Bertz CT molecular complexity index is 1230. The van der Waals surface area contributed by atoms with Gasteiger partial charge in [-0.15, -0.1) is 0 Å². The molecule has 0 radical (unpaired) electrons. The molecule has 0 fully saturated rings. The van der Waals surface area contributed by atoms with E-state index >= 15 is 0 Å². The van der Waals surface area contributed by atoms with Crippen LogP contribution in [0, 0.1) is 12.3 Å². The average molecular weight is 443 g/mol. The summed E-state index contributed by atoms with van der Waals surface area (Å²) in [6, 6.07) is 17.9. The van der Waals surface area contributed by atoms with E-state index in [2.05, 4.69) is 31.2 Å². The fraction of sp³-hybridized carbons (Fsp3) is 0.379. The molecule has 0 spiro atoms. The molecule has 170 valence electrons. The highest BCUT2D eigenvalue weighted by atomic mass is 16.6. The lowest BCUT2D eigenvalue weighted by atomic mass is 9.65. The molecule has 2 aromatic carbocycles. The predicted octanol–water partition coefficient (Wildman–Crippen LogP) is 6.44. The molecule has 0 N–H and O–H groups in total. The number of Topliss-reactive ketones (excluding diaryl/α,β-unsaturated/α-hetero) is 1. The number of benzene rings is 2. The molecule has 2 aliphatic carbocycles. The van der Waals surface area contributed by atoms with E-state index in [1.165, 1.54) is 5.56 Å². The third-order valence-electron chi connectivity index (χ3n) is 6.94. The highest BCUT2D eigenvalue weighted by Gasteiger charge is 2.59. The lowest BCUT2D eigenvalue weighted by molar-refractivity contribution is -0.165. The summed E-state index contributed by atoms with van der Waals surface area (Å²) in [5, 5.41) is 0. The molecule has 0 amide bonds. The summed E-state index contributed by atoms with van der Waals surface area (Å²) in [4.78, 5) is 27.7. The van der Waals surface area contributed by atoms with Gasteiger partial charge in [0.15, 0.2) is 5.78 Å². The summed E-state index contributed by atoms with van der Waals surface area (Å²) in [5.74, 6) is 0.845. The summed E-state index contributed by atoms with van der Waals surface area (Å²) in [6.45, 7) is 7.61. The second-order valence-electron chi connectivity index (χ2n) is 10.4. The lowest BCUT2D eigenvalue weighted by Crippen LogP contribution is -2.47. The number of hydrogen-bond donors (Lipinski definition) is 0. The molecule has 3 aromatic rings. The molecule has 0 bridgehead atoms. The van der Waals surface area contributed by atoms with Crippen LogP contribution >= 0.6 is 0 Å². The van der Waals surface area contributed by atoms with Crippen LogP contribution in [-0.2, 0) is 22.4 Å². The number of hydrogen-bond acceptors (Lipinski definition) is 4. The third-order valence-corrected chi connectivity index (χ3v) is 6.94. The van der Waals surface area contributed by atoms with Gasteiger partial charge in [-0.3, -0.25) is 9.59 Å². The topological polar surface area (TPSA) is 56.5 Å². The van der Waals surface area contributed by atoms with Gasteiger partial charge in [0.2, 0.25) is 0 Å². The monoisotopic (exact) mass is 442 g/mol. The van der Waals surface area contributed by atoms with Crippen LogP contribution in [0.5, 0.6) is 0 Å². The Labute approximate surface area is 195 Å². The molecule has 5 rings (SSSR count). The zero-order valence-corrected chi connectivity index (χ0v) is 19.7. The van der Waals surface area contributed by atoms with E-state index in [1.54, 1.807) is 0 Å². The first-order chi connectivity index (χ1) is 15.7. The minimum Gasteiger partial charge on any atom is -0.461 e. The number of carbonyl (C=O) groups excluding carboxylic acids is 2. The van der Waals surface area contributed by atoms with Gasteiger partial charge in [0, 0.05) is 23.5 Å². The van der Waals surface area contributed by atoms with Crippen molar-refractivity contribution in [3.8, 4) is 11.3 Å². The number of ether oxygens (including phenoxy) is 1. The van der Waals surface area contributed by atoms with Crippen molar-refractivity contribution in [1.82, 2.24) is 0 Å². The molecule has 0 saturated carbocycles. The van der Waals surface area contributed by atoms with Crippen molar-refractivity contribution in [2.45, 2.75) is 64.9 Å². The van der Waals surface area contributed by atoms with Crippen LogP contribution < -0.4 is 0 Å². The fourth-order valence-corrected chi connectivity index (χ4v) is 5.40. The van der Waals surface area contributed by atoms with Crippen LogP contribution in [-0.4, -0.2) is 17.4 Å². The van der Waals surface area contributed by atoms with Gasteiger partial charge in [0.1, 0.15) is 22.5 Å². The Hall–Kier alpha value is -3.14. The number of carbonyl (C=O) groups is 2. The van der Waals surface area contributed by atoms with Gasteiger partial charge in [-0.1, -0.05) is 54.1 Å². The number of esters is 1. The van der Waals surface area contributed by atoms with E-state index < -0.39 is 17.0 Å². The van der Waals surface area contributed by atoms with Crippen molar-refractivity contribution < 1.29 is 18.7 Å². The minimum absolute atomic E-state index is 0.122. The maximum absolute atomic E-state index is 13.9. The number of ketones is 1. The number of furan rings is 1. The first-order valence-electron chi connectivity index (χ1n) is 11.7. The van der Waals surface area contributed by atoms with Crippen LogP contribution in [0.3, 0.4) is 0 Å². The highest BCUT2D eigenvalue weighted by molar-refractivity contribution is 6.17. The Balaban J connectivity index is 1.63. The molecule has 2 atom stereocenters. The molecular weight excluding hydrogens is 412 g/mol. The maximum atomic E-state index is 13.9. The van der Waals surface area contributed by atoms with Gasteiger partial charge in [-0.05, 0) is 64.2 Å². The minimum atomic E-state index is -1.26. The average Bonchev–Trinajstić information content (AvgIpc) is 3.33. The smallest absolute Gasteiger partial charge is 0.321 e. The molecule has 0 unspecified atom stereocenters. The standard InChI is InChI=1S/C29H30O4/c1-18-12-14-19(15-13-18)25-16-22-23(10-7-11-24(22)32-25)29(27(31)33-28(2,3)4)17-20-8-5-6-9-21(20)26(29)30/h5-6,8-9,12-16,23H,7,10-11,17H2,1-4H3/t23-,29+/m1/s1. The fourth-order valence-electron chi connectivity index (χ4n) is 5.40. The van der Waals surface area contributed by atoms with E-state index in [0.29, 0.717) is 12.0 Å². The molecule has 0 aliphatic heterocycles. The van der Waals surface area contributed by atoms with E-state index in [4.69, 9.17) is 9.15 Å². The quantitative estimate of drug-likeness (QED) is 0.346. The largest absolute Gasteiger partial charge is 0.461 e. The molecule has 2 aliphatic rings. The van der Waals surface area contributed by atoms with Crippen molar-refractivity contribution in [3.63, 3.8) is 0 Å². The Morgan fingerprint density at radius 2 is 1.82 bits per heavy atom. The van der Waals surface area contributed by atoms with Crippen molar-refractivity contribution in [3.05, 3.63) is 82.6 Å². The SMILES string of the molecule is Cc1ccc(-c2cc3c(o2)CCC[C@H]3[C@@]2(C(=O)OC(C)(C)C)Cc3ccccc3C2=O)cc1. The number of fused-ring (bicyclic) bond motifs is 2. The summed E-state index contributed by atoms with van der Waals surface area (Å²) in [7, 11) is 0. The zero-order valence-electron chi connectivity index (χ0n) is 19.7. The Kier molecular flexibility index (Phi) is 5.08. The highest BCUT2D eigenvalue weighted by Crippen LogP contribution is 2.53. The van der Waals surface area contributed by atoms with Gasteiger partial charge >= 0.3 is 5.97 Å². The molecule has 33 heavy (non-hydrogen) atoms. The molecule has 4 nitrogen and oxygen atoms in total. The van der Waals surface area contributed by atoms with E-state index in [1.807, 2.05) is 51.1 Å². The van der Waals surface area contributed by atoms with Gasteiger partial charge in [-0.2, -0.15) is 0 Å². The zero-order chi connectivity index (χ0) is 23.4.